The number of hydrogen-bond donors (Lipinski definition) is 4. The highest BCUT2D eigenvalue weighted by atomic mass is 19.1. The minimum atomic E-state index is -0.954. The number of hydrogen-bond acceptors (Lipinski definition) is 6. The molecule has 0 saturated heterocycles. The molecule has 0 saturated carbocycles. The molecule has 0 aliphatic carbocycles. The summed E-state index contributed by atoms with van der Waals surface area (Å²) < 4.78 is 37.7. The summed E-state index contributed by atoms with van der Waals surface area (Å²) in [6, 6.07) is 9.33. The van der Waals surface area contributed by atoms with Crippen LogP contribution in [0.25, 0.3) is 0 Å². The van der Waals surface area contributed by atoms with Gasteiger partial charge in [-0.1, -0.05) is 25.1 Å². The van der Waals surface area contributed by atoms with Crippen molar-refractivity contribution in [2.24, 2.45) is 5.92 Å². The standard InChI is InChI=1S/C22H24F2N2O6/c1-14(3-2-4-20(28)26-30)21(15-5-8-17(9-6-15)31-12-11-27)32-22(29)25-19-10-7-16(23)13-18(19)24/h2,4-10,13-14,21,27,30H,3,11-12H2,1H3,(H,25,29)(H,26,28)/b4-2+/t14-,21-/m1/s1. The van der Waals surface area contributed by atoms with Gasteiger partial charge in [-0.2, -0.15) is 0 Å². The van der Waals surface area contributed by atoms with Crippen molar-refractivity contribution in [1.29, 1.82) is 0 Å². The minimum absolute atomic E-state index is 0.124. The van der Waals surface area contributed by atoms with E-state index in [0.717, 1.165) is 18.2 Å². The number of carbonyl (C=O) groups excluding carboxylic acids is 2. The smallest absolute Gasteiger partial charge is 0.412 e. The molecule has 0 fully saturated rings. The van der Waals surface area contributed by atoms with Crippen LogP contribution in [0, 0.1) is 17.6 Å². The van der Waals surface area contributed by atoms with Crippen molar-refractivity contribution < 1.29 is 38.2 Å². The Morgan fingerprint density at radius 1 is 1.16 bits per heavy atom. The number of anilines is 1. The molecule has 10 heteroatoms. The Hall–Kier alpha value is -3.50. The number of aliphatic hydroxyl groups excluding tert-OH is 1. The van der Waals surface area contributed by atoms with Gasteiger partial charge >= 0.3 is 6.09 Å². The largest absolute Gasteiger partial charge is 0.491 e. The molecule has 2 aromatic carbocycles. The van der Waals surface area contributed by atoms with E-state index in [1.165, 1.54) is 11.6 Å². The number of carbonyl (C=O) groups is 2. The van der Waals surface area contributed by atoms with Gasteiger partial charge in [-0.05, 0) is 36.2 Å². The van der Waals surface area contributed by atoms with Crippen LogP contribution in [0.1, 0.15) is 25.0 Å². The van der Waals surface area contributed by atoms with Crippen molar-refractivity contribution in [2.75, 3.05) is 18.5 Å². The van der Waals surface area contributed by atoms with Gasteiger partial charge in [0.05, 0.1) is 12.3 Å². The molecular weight excluding hydrogens is 426 g/mol. The Morgan fingerprint density at radius 3 is 2.50 bits per heavy atom. The number of allylic oxidation sites excluding steroid dienone is 1. The maximum Gasteiger partial charge on any atom is 0.412 e. The average Bonchev–Trinajstić information content (AvgIpc) is 2.78. The zero-order chi connectivity index (χ0) is 23.5. The highest BCUT2D eigenvalue weighted by molar-refractivity contribution is 5.86. The second-order valence-electron chi connectivity index (χ2n) is 6.81. The summed E-state index contributed by atoms with van der Waals surface area (Å²) in [5.41, 5.74) is 1.84. The van der Waals surface area contributed by atoms with Crippen molar-refractivity contribution in [1.82, 2.24) is 5.48 Å². The van der Waals surface area contributed by atoms with Crippen LogP contribution in [0.3, 0.4) is 0 Å². The van der Waals surface area contributed by atoms with E-state index in [4.69, 9.17) is 19.8 Å². The van der Waals surface area contributed by atoms with Crippen LogP contribution < -0.4 is 15.5 Å². The third kappa shape index (κ3) is 7.64. The van der Waals surface area contributed by atoms with Gasteiger partial charge in [0.15, 0.2) is 0 Å². The lowest BCUT2D eigenvalue weighted by atomic mass is 9.94. The Morgan fingerprint density at radius 2 is 1.88 bits per heavy atom. The third-order valence-electron chi connectivity index (χ3n) is 4.37. The predicted octanol–water partition coefficient (Wildman–Crippen LogP) is 3.71. The van der Waals surface area contributed by atoms with Crippen LogP contribution >= 0.6 is 0 Å². The van der Waals surface area contributed by atoms with Crippen molar-refractivity contribution >= 4 is 17.7 Å². The van der Waals surface area contributed by atoms with Crippen LogP contribution in [0.4, 0.5) is 19.3 Å². The number of amides is 2. The Labute approximate surface area is 183 Å². The van der Waals surface area contributed by atoms with Gasteiger partial charge in [0.1, 0.15) is 30.1 Å². The number of nitrogens with one attached hydrogen (secondary N) is 2. The highest BCUT2D eigenvalue weighted by Gasteiger charge is 2.24. The fourth-order valence-corrected chi connectivity index (χ4v) is 2.83. The lowest BCUT2D eigenvalue weighted by Gasteiger charge is -2.24. The van der Waals surface area contributed by atoms with Crippen LogP contribution in [-0.2, 0) is 9.53 Å². The molecule has 32 heavy (non-hydrogen) atoms. The molecule has 4 N–H and O–H groups in total. The number of ether oxygens (including phenoxy) is 2. The Balaban J connectivity index is 2.17. The highest BCUT2D eigenvalue weighted by Crippen LogP contribution is 2.31. The summed E-state index contributed by atoms with van der Waals surface area (Å²) in [4.78, 5) is 23.6. The summed E-state index contributed by atoms with van der Waals surface area (Å²) in [5, 5.41) is 19.7. The molecule has 2 rings (SSSR count). The summed E-state index contributed by atoms with van der Waals surface area (Å²) >= 11 is 0. The van der Waals surface area contributed by atoms with Gasteiger partial charge in [-0.15, -0.1) is 0 Å². The molecule has 2 aromatic rings. The fourth-order valence-electron chi connectivity index (χ4n) is 2.83. The van der Waals surface area contributed by atoms with E-state index in [1.807, 2.05) is 0 Å². The van der Waals surface area contributed by atoms with Gasteiger partial charge < -0.3 is 14.6 Å². The minimum Gasteiger partial charge on any atom is -0.491 e. The molecule has 0 aliphatic rings. The molecule has 0 spiro atoms. The second kappa shape index (κ2) is 12.4. The van der Waals surface area contributed by atoms with E-state index in [0.29, 0.717) is 23.8 Å². The van der Waals surface area contributed by atoms with Crippen LogP contribution in [0.2, 0.25) is 0 Å². The normalized spacial score (nSPS) is 12.8. The number of halogens is 2. The van der Waals surface area contributed by atoms with Crippen molar-refractivity contribution in [3.05, 3.63) is 71.8 Å². The fraction of sp³-hybridized carbons (Fsp3) is 0.273. The lowest BCUT2D eigenvalue weighted by Crippen LogP contribution is -2.22. The van der Waals surface area contributed by atoms with E-state index >= 15 is 0 Å². The lowest BCUT2D eigenvalue weighted by molar-refractivity contribution is -0.124. The van der Waals surface area contributed by atoms with Crippen LogP contribution in [0.15, 0.2) is 54.6 Å². The molecule has 2 atom stereocenters. The zero-order valence-electron chi connectivity index (χ0n) is 17.3. The first-order valence-electron chi connectivity index (χ1n) is 9.71. The first kappa shape index (κ1) is 24.8. The van der Waals surface area contributed by atoms with Gasteiger partial charge in [-0.3, -0.25) is 15.3 Å². The molecule has 0 bridgehead atoms. The van der Waals surface area contributed by atoms with E-state index in [9.17, 15) is 18.4 Å². The molecule has 0 aromatic heterocycles. The van der Waals surface area contributed by atoms with E-state index < -0.39 is 29.7 Å². The average molecular weight is 450 g/mol. The van der Waals surface area contributed by atoms with Gasteiger partial charge in [0, 0.05) is 18.1 Å². The first-order valence-corrected chi connectivity index (χ1v) is 9.71. The maximum atomic E-state index is 13.8. The third-order valence-corrected chi connectivity index (χ3v) is 4.37. The van der Waals surface area contributed by atoms with Crippen molar-refractivity contribution in [3.63, 3.8) is 0 Å². The van der Waals surface area contributed by atoms with Crippen molar-refractivity contribution in [3.8, 4) is 5.75 Å². The molecule has 0 aliphatic heterocycles. The Bertz CT molecular complexity index is 937. The molecule has 8 nitrogen and oxygen atoms in total. The number of benzene rings is 2. The molecular formula is C22H24F2N2O6. The topological polar surface area (TPSA) is 117 Å². The van der Waals surface area contributed by atoms with Crippen molar-refractivity contribution in [2.45, 2.75) is 19.4 Å². The van der Waals surface area contributed by atoms with Crippen LogP contribution in [0.5, 0.6) is 5.75 Å². The summed E-state index contributed by atoms with van der Waals surface area (Å²) in [7, 11) is 0. The quantitative estimate of drug-likeness (QED) is 0.249. The monoisotopic (exact) mass is 450 g/mol. The molecule has 0 radical (unpaired) electrons. The van der Waals surface area contributed by atoms with Gasteiger partial charge in [0.2, 0.25) is 0 Å². The predicted molar refractivity (Wildman–Crippen MR) is 111 cm³/mol. The van der Waals surface area contributed by atoms with E-state index in [-0.39, 0.29) is 24.8 Å². The molecule has 0 unspecified atom stereocenters. The molecule has 2 amide bonds. The Kier molecular flexibility index (Phi) is 9.58. The zero-order valence-corrected chi connectivity index (χ0v) is 17.3. The SMILES string of the molecule is C[C@H](C/C=C/C(=O)NO)[C@@H](OC(=O)Nc1ccc(F)cc1F)c1ccc(OCCO)cc1. The number of hydroxylamine groups is 1. The van der Waals surface area contributed by atoms with Crippen LogP contribution in [-0.4, -0.2) is 35.5 Å². The summed E-state index contributed by atoms with van der Waals surface area (Å²) in [6.45, 7) is 1.76. The van der Waals surface area contributed by atoms with E-state index in [1.54, 1.807) is 31.2 Å². The summed E-state index contributed by atoms with van der Waals surface area (Å²) in [5.74, 6) is -2.26. The number of aliphatic hydroxyl groups is 1. The second-order valence-corrected chi connectivity index (χ2v) is 6.81. The van der Waals surface area contributed by atoms with Gasteiger partial charge in [0.25, 0.3) is 5.91 Å². The maximum absolute atomic E-state index is 13.8. The molecule has 0 heterocycles. The number of rotatable bonds is 10. The van der Waals surface area contributed by atoms with Gasteiger partial charge in [-0.25, -0.2) is 19.1 Å². The van der Waals surface area contributed by atoms with E-state index in [2.05, 4.69) is 5.32 Å². The molecule has 172 valence electrons. The summed E-state index contributed by atoms with van der Waals surface area (Å²) in [6.07, 6.45) is 1.19. The first-order chi connectivity index (χ1) is 15.3.